The number of nitrogens with one attached hydrogen (secondary N) is 3. The molecule has 0 aliphatic carbocycles. The van der Waals surface area contributed by atoms with Crippen LogP contribution in [0.2, 0.25) is 10.0 Å². The fraction of sp³-hybridized carbons (Fsp3) is 0.259. The van der Waals surface area contributed by atoms with Gasteiger partial charge in [0.15, 0.2) is 0 Å². The molecule has 38 heavy (non-hydrogen) atoms. The molecule has 0 saturated carbocycles. The number of carbonyl (C=O) groups excluding carboxylic acids is 2. The molecule has 4 rings (SSSR count). The summed E-state index contributed by atoms with van der Waals surface area (Å²) in [5.74, 6) is -0.919. The molecule has 1 fully saturated rings. The largest absolute Gasteiger partial charge is 0.358 e. The van der Waals surface area contributed by atoms with E-state index in [-0.39, 0.29) is 41.4 Å². The van der Waals surface area contributed by atoms with Crippen molar-refractivity contribution in [2.45, 2.75) is 6.04 Å². The van der Waals surface area contributed by atoms with Gasteiger partial charge in [-0.1, -0.05) is 53.5 Å². The fourth-order valence-electron chi connectivity index (χ4n) is 4.44. The van der Waals surface area contributed by atoms with Crippen molar-refractivity contribution in [2.75, 3.05) is 37.2 Å². The van der Waals surface area contributed by atoms with Gasteiger partial charge in [-0.2, -0.15) is 0 Å². The number of hydrogen-bond donors (Lipinski definition) is 3. The molecule has 3 aromatic rings. The molecule has 1 heterocycles. The smallest absolute Gasteiger partial charge is 0.251 e. The van der Waals surface area contributed by atoms with Crippen molar-refractivity contribution in [3.05, 3.63) is 99.5 Å². The van der Waals surface area contributed by atoms with Crippen LogP contribution in [-0.2, 0) is 14.8 Å². The molecule has 0 radical (unpaired) electrons. The number of nitrogens with zero attached hydrogens (tertiary/aromatic N) is 1. The topological polar surface area (TPSA) is 108 Å². The first-order valence-corrected chi connectivity index (χ1v) is 14.4. The van der Waals surface area contributed by atoms with Crippen LogP contribution in [0, 0.1) is 5.92 Å². The summed E-state index contributed by atoms with van der Waals surface area (Å²) in [4.78, 5) is 25.9. The van der Waals surface area contributed by atoms with Gasteiger partial charge in [-0.25, -0.2) is 8.42 Å². The van der Waals surface area contributed by atoms with Crippen molar-refractivity contribution in [2.24, 2.45) is 5.92 Å². The fourth-order valence-corrected chi connectivity index (χ4v) is 6.09. The summed E-state index contributed by atoms with van der Waals surface area (Å²) in [6.45, 7) is 1.02. The molecule has 2 amide bonds. The predicted molar refractivity (Wildman–Crippen MR) is 150 cm³/mol. The number of carbonyl (C=O) groups is 2. The van der Waals surface area contributed by atoms with E-state index in [1.54, 1.807) is 18.2 Å². The van der Waals surface area contributed by atoms with Crippen LogP contribution in [0.15, 0.2) is 72.8 Å². The molecular formula is C27H28Cl2N4O4S. The minimum Gasteiger partial charge on any atom is -0.358 e. The molecule has 1 aliphatic heterocycles. The van der Waals surface area contributed by atoms with E-state index in [0.29, 0.717) is 23.1 Å². The van der Waals surface area contributed by atoms with Crippen LogP contribution in [0.5, 0.6) is 0 Å². The molecule has 8 nitrogen and oxygen atoms in total. The molecule has 0 spiro atoms. The lowest BCUT2D eigenvalue weighted by molar-refractivity contribution is -0.119. The highest BCUT2D eigenvalue weighted by Crippen LogP contribution is 2.35. The third-order valence-corrected chi connectivity index (χ3v) is 8.22. The van der Waals surface area contributed by atoms with E-state index >= 15 is 0 Å². The number of hydrogen-bond acceptors (Lipinski definition) is 5. The zero-order valence-electron chi connectivity index (χ0n) is 20.7. The molecule has 0 aromatic heterocycles. The number of halogens is 2. The first-order valence-electron chi connectivity index (χ1n) is 12.0. The minimum absolute atomic E-state index is 0.0510. The van der Waals surface area contributed by atoms with Crippen molar-refractivity contribution in [1.29, 1.82) is 0 Å². The van der Waals surface area contributed by atoms with Gasteiger partial charge in [0.2, 0.25) is 15.9 Å². The van der Waals surface area contributed by atoms with Crippen LogP contribution in [-0.4, -0.2) is 57.6 Å². The highest BCUT2D eigenvalue weighted by molar-refractivity contribution is 7.92. The molecule has 1 aliphatic rings. The Morgan fingerprint density at radius 1 is 0.947 bits per heavy atom. The van der Waals surface area contributed by atoms with Crippen LogP contribution in [0.3, 0.4) is 0 Å². The number of rotatable bonds is 10. The summed E-state index contributed by atoms with van der Waals surface area (Å²) in [6, 6.07) is 21.4. The molecule has 0 bridgehead atoms. The Kier molecular flexibility index (Phi) is 8.94. The monoisotopic (exact) mass is 574 g/mol. The number of sulfonamides is 1. The average molecular weight is 576 g/mol. The number of amides is 2. The first-order chi connectivity index (χ1) is 18.1. The normalized spacial score (nSPS) is 14.1. The van der Waals surface area contributed by atoms with E-state index in [2.05, 4.69) is 20.3 Å². The van der Waals surface area contributed by atoms with Crippen LogP contribution >= 0.6 is 23.2 Å². The highest BCUT2D eigenvalue weighted by Gasteiger charge is 2.36. The van der Waals surface area contributed by atoms with Gasteiger partial charge < -0.3 is 10.6 Å². The highest BCUT2D eigenvalue weighted by atomic mass is 35.5. The summed E-state index contributed by atoms with van der Waals surface area (Å²) in [5.41, 5.74) is 2.65. The Hall–Kier alpha value is -3.11. The molecule has 200 valence electrons. The predicted octanol–water partition coefficient (Wildman–Crippen LogP) is 3.93. The third-order valence-electron chi connectivity index (χ3n) is 6.26. The van der Waals surface area contributed by atoms with Gasteiger partial charge in [0.1, 0.15) is 0 Å². The Labute approximate surface area is 232 Å². The molecule has 11 heteroatoms. The number of likely N-dealkylation sites (tertiary alicyclic amines) is 1. The van der Waals surface area contributed by atoms with E-state index < -0.39 is 15.9 Å². The molecule has 3 N–H and O–H groups in total. The lowest BCUT2D eigenvalue weighted by Crippen LogP contribution is -2.51. The second kappa shape index (κ2) is 12.2. The summed E-state index contributed by atoms with van der Waals surface area (Å²) in [5, 5.41) is 6.20. The molecular weight excluding hydrogens is 547 g/mol. The summed E-state index contributed by atoms with van der Waals surface area (Å²) >= 11 is 12.2. The quantitative estimate of drug-likeness (QED) is 0.340. The lowest BCUT2D eigenvalue weighted by atomic mass is 9.91. The van der Waals surface area contributed by atoms with Gasteiger partial charge in [-0.3, -0.25) is 19.2 Å². The second-order valence-electron chi connectivity index (χ2n) is 9.15. The Balaban J connectivity index is 1.39. The van der Waals surface area contributed by atoms with Crippen molar-refractivity contribution in [3.8, 4) is 0 Å². The maximum Gasteiger partial charge on any atom is 0.251 e. The zero-order valence-corrected chi connectivity index (χ0v) is 23.0. The Morgan fingerprint density at radius 3 is 2.08 bits per heavy atom. The SMILES string of the molecule is CNC(=O)CNC(=O)c1cccc(NS(=O)(=O)CC2CN(C(c3ccc(Cl)cc3)c3ccc(Cl)cc3)C2)c1. The third kappa shape index (κ3) is 7.26. The maximum atomic E-state index is 12.9. The lowest BCUT2D eigenvalue weighted by Gasteiger charge is -2.44. The van der Waals surface area contributed by atoms with Crippen molar-refractivity contribution >= 4 is 50.7 Å². The average Bonchev–Trinajstić information content (AvgIpc) is 2.87. The second-order valence-corrected chi connectivity index (χ2v) is 11.8. The van der Waals surface area contributed by atoms with Crippen molar-refractivity contribution in [3.63, 3.8) is 0 Å². The Bertz CT molecular complexity index is 1350. The molecule has 3 aromatic carbocycles. The summed E-state index contributed by atoms with van der Waals surface area (Å²) in [7, 11) is -2.19. The zero-order chi connectivity index (χ0) is 27.3. The van der Waals surface area contributed by atoms with E-state index in [4.69, 9.17) is 23.2 Å². The number of likely N-dealkylation sites (N-methyl/N-ethyl adjacent to an activating group) is 1. The van der Waals surface area contributed by atoms with E-state index in [1.807, 2.05) is 48.5 Å². The summed E-state index contributed by atoms with van der Waals surface area (Å²) < 4.78 is 28.4. The van der Waals surface area contributed by atoms with E-state index in [1.165, 1.54) is 13.1 Å². The Morgan fingerprint density at radius 2 is 1.53 bits per heavy atom. The van der Waals surface area contributed by atoms with E-state index in [9.17, 15) is 18.0 Å². The minimum atomic E-state index is -3.66. The van der Waals surface area contributed by atoms with Crippen molar-refractivity contribution in [1.82, 2.24) is 15.5 Å². The molecule has 1 saturated heterocycles. The van der Waals surface area contributed by atoms with Crippen molar-refractivity contribution < 1.29 is 18.0 Å². The maximum absolute atomic E-state index is 12.9. The van der Waals surface area contributed by atoms with Gasteiger partial charge >= 0.3 is 0 Å². The van der Waals surface area contributed by atoms with Gasteiger partial charge in [0.25, 0.3) is 5.91 Å². The molecule has 0 unspecified atom stereocenters. The van der Waals surface area contributed by atoms with Crippen LogP contribution in [0.1, 0.15) is 27.5 Å². The van der Waals surface area contributed by atoms with Gasteiger partial charge in [-0.05, 0) is 53.6 Å². The van der Waals surface area contributed by atoms with E-state index in [0.717, 1.165) is 11.1 Å². The molecule has 0 atom stereocenters. The van der Waals surface area contributed by atoms with Crippen LogP contribution < -0.4 is 15.4 Å². The summed E-state index contributed by atoms with van der Waals surface area (Å²) in [6.07, 6.45) is 0. The standard InChI is InChI=1S/C27H28Cl2N4O4S/c1-30-25(34)14-31-27(35)21-3-2-4-24(13-21)32-38(36,37)17-18-15-33(16-18)26(19-5-9-22(28)10-6-19)20-7-11-23(29)12-8-20/h2-13,18,26,32H,14-17H2,1H3,(H,30,34)(H,31,35). The van der Waals surface area contributed by atoms with Gasteiger partial charge in [0, 0.05) is 47.4 Å². The van der Waals surface area contributed by atoms with Gasteiger partial charge in [-0.15, -0.1) is 0 Å². The van der Waals surface area contributed by atoms with Crippen LogP contribution in [0.4, 0.5) is 5.69 Å². The van der Waals surface area contributed by atoms with Crippen LogP contribution in [0.25, 0.3) is 0 Å². The number of benzene rings is 3. The van der Waals surface area contributed by atoms with Gasteiger partial charge in [0.05, 0.1) is 18.3 Å². The number of anilines is 1. The first kappa shape index (κ1) is 27.9.